The average molecular weight is 219 g/mol. The van der Waals surface area contributed by atoms with Crippen molar-refractivity contribution in [3.8, 4) is 17.3 Å². The third-order valence-electron chi connectivity index (χ3n) is 2.75. The first-order valence-corrected chi connectivity index (χ1v) is 5.30. The lowest BCUT2D eigenvalue weighted by atomic mass is 10.1. The topological polar surface area (TPSA) is 52.5 Å². The van der Waals surface area contributed by atoms with Crippen LogP contribution in [-0.4, -0.2) is 9.97 Å². The van der Waals surface area contributed by atoms with Crippen molar-refractivity contribution in [2.24, 2.45) is 0 Å². The van der Waals surface area contributed by atoms with Crippen LogP contribution in [0.15, 0.2) is 48.8 Å². The molecule has 1 aromatic carbocycles. The summed E-state index contributed by atoms with van der Waals surface area (Å²) in [5, 5.41) is 9.84. The second kappa shape index (κ2) is 3.76. The van der Waals surface area contributed by atoms with E-state index in [4.69, 9.17) is 5.26 Å². The summed E-state index contributed by atoms with van der Waals surface area (Å²) in [4.78, 5) is 7.41. The van der Waals surface area contributed by atoms with Crippen LogP contribution >= 0.6 is 0 Å². The van der Waals surface area contributed by atoms with Crippen molar-refractivity contribution < 1.29 is 0 Å². The molecule has 0 unspecified atom stereocenters. The average Bonchev–Trinajstić information content (AvgIpc) is 2.82. The molecular weight excluding hydrogens is 210 g/mol. The molecule has 3 aromatic rings. The number of pyridine rings is 1. The first kappa shape index (κ1) is 9.61. The summed E-state index contributed by atoms with van der Waals surface area (Å²) in [6.07, 6.45) is 3.60. The summed E-state index contributed by atoms with van der Waals surface area (Å²) >= 11 is 0. The fourth-order valence-corrected chi connectivity index (χ4v) is 1.85. The van der Waals surface area contributed by atoms with Gasteiger partial charge in [0.1, 0.15) is 0 Å². The minimum absolute atomic E-state index is 0.673. The van der Waals surface area contributed by atoms with Crippen molar-refractivity contribution in [1.82, 2.24) is 9.97 Å². The van der Waals surface area contributed by atoms with Gasteiger partial charge >= 0.3 is 0 Å². The van der Waals surface area contributed by atoms with Crippen molar-refractivity contribution >= 4 is 10.9 Å². The summed E-state index contributed by atoms with van der Waals surface area (Å²) in [7, 11) is 0. The van der Waals surface area contributed by atoms with Gasteiger partial charge in [0.2, 0.25) is 0 Å². The molecule has 0 bridgehead atoms. The summed E-state index contributed by atoms with van der Waals surface area (Å²) < 4.78 is 0. The highest BCUT2D eigenvalue weighted by atomic mass is 14.7. The number of nitrogens with zero attached hydrogens (tertiary/aromatic N) is 2. The highest BCUT2D eigenvalue weighted by Gasteiger charge is 2.02. The number of H-pyrrole nitrogens is 1. The highest BCUT2D eigenvalue weighted by Crippen LogP contribution is 2.23. The summed E-state index contributed by atoms with van der Waals surface area (Å²) in [5.74, 6) is 0. The smallest absolute Gasteiger partial charge is 0.0991 e. The third-order valence-corrected chi connectivity index (χ3v) is 2.75. The Bertz CT molecular complexity index is 669. The van der Waals surface area contributed by atoms with Crippen LogP contribution in [-0.2, 0) is 0 Å². The third kappa shape index (κ3) is 1.66. The molecule has 2 aromatic heterocycles. The molecule has 0 amide bonds. The molecule has 1 N–H and O–H groups in total. The Balaban J connectivity index is 2.11. The van der Waals surface area contributed by atoms with Crippen LogP contribution in [0, 0.1) is 11.3 Å². The Morgan fingerprint density at radius 3 is 2.65 bits per heavy atom. The van der Waals surface area contributed by atoms with Crippen LogP contribution < -0.4 is 0 Å². The number of nitrogens with one attached hydrogen (secondary N) is 1. The van der Waals surface area contributed by atoms with E-state index >= 15 is 0 Å². The Kier molecular flexibility index (Phi) is 2.13. The van der Waals surface area contributed by atoms with Gasteiger partial charge in [-0.3, -0.25) is 4.98 Å². The normalized spacial score (nSPS) is 10.3. The molecule has 0 fully saturated rings. The standard InChI is InChI=1S/C14H9N3/c15-8-10-1-3-11(4-2-10)14-7-12-9-16-6-5-13(12)17-14/h1-7,9,17H. The maximum Gasteiger partial charge on any atom is 0.0991 e. The van der Waals surface area contributed by atoms with E-state index < -0.39 is 0 Å². The molecule has 2 heterocycles. The zero-order valence-electron chi connectivity index (χ0n) is 9.01. The molecule has 3 heteroatoms. The van der Waals surface area contributed by atoms with Crippen LogP contribution in [0.2, 0.25) is 0 Å². The predicted molar refractivity (Wildman–Crippen MR) is 66.2 cm³/mol. The molecular formula is C14H9N3. The van der Waals surface area contributed by atoms with E-state index in [1.165, 1.54) is 0 Å². The molecule has 0 saturated heterocycles. The number of aromatic amines is 1. The Labute approximate surface area is 98.4 Å². The van der Waals surface area contributed by atoms with Gasteiger partial charge in [-0.2, -0.15) is 5.26 Å². The lowest BCUT2D eigenvalue weighted by Gasteiger charge is -1.96. The fourth-order valence-electron chi connectivity index (χ4n) is 1.85. The number of hydrogen-bond acceptors (Lipinski definition) is 2. The lowest BCUT2D eigenvalue weighted by Crippen LogP contribution is -1.78. The maximum atomic E-state index is 8.75. The lowest BCUT2D eigenvalue weighted by molar-refractivity contribution is 1.35. The van der Waals surface area contributed by atoms with E-state index in [1.807, 2.05) is 36.5 Å². The Morgan fingerprint density at radius 1 is 1.12 bits per heavy atom. The zero-order chi connectivity index (χ0) is 11.7. The predicted octanol–water partition coefficient (Wildman–Crippen LogP) is 3.10. The van der Waals surface area contributed by atoms with Gasteiger partial charge in [-0.05, 0) is 29.8 Å². The Hall–Kier alpha value is -2.60. The quantitative estimate of drug-likeness (QED) is 0.683. The van der Waals surface area contributed by atoms with Crippen molar-refractivity contribution in [2.45, 2.75) is 0 Å². The molecule has 17 heavy (non-hydrogen) atoms. The van der Waals surface area contributed by atoms with Gasteiger partial charge < -0.3 is 4.98 Å². The van der Waals surface area contributed by atoms with Gasteiger partial charge in [0.15, 0.2) is 0 Å². The van der Waals surface area contributed by atoms with E-state index in [2.05, 4.69) is 22.1 Å². The first-order valence-electron chi connectivity index (χ1n) is 5.30. The molecule has 0 radical (unpaired) electrons. The molecule has 0 aliphatic carbocycles. The number of rotatable bonds is 1. The molecule has 80 valence electrons. The zero-order valence-corrected chi connectivity index (χ0v) is 9.01. The van der Waals surface area contributed by atoms with Crippen molar-refractivity contribution in [3.05, 3.63) is 54.4 Å². The van der Waals surface area contributed by atoms with E-state index in [0.29, 0.717) is 5.56 Å². The number of hydrogen-bond donors (Lipinski definition) is 1. The molecule has 0 aliphatic rings. The molecule has 0 aliphatic heterocycles. The number of fused-ring (bicyclic) bond motifs is 1. The number of benzene rings is 1. The van der Waals surface area contributed by atoms with Gasteiger partial charge in [0, 0.05) is 29.0 Å². The molecule has 0 saturated carbocycles. The summed E-state index contributed by atoms with van der Waals surface area (Å²) in [5.41, 5.74) is 3.85. The van der Waals surface area contributed by atoms with Crippen LogP contribution in [0.1, 0.15) is 5.56 Å². The monoisotopic (exact) mass is 219 g/mol. The maximum absolute atomic E-state index is 8.75. The summed E-state index contributed by atoms with van der Waals surface area (Å²) in [6.45, 7) is 0. The van der Waals surface area contributed by atoms with E-state index in [-0.39, 0.29) is 0 Å². The van der Waals surface area contributed by atoms with Crippen LogP contribution in [0.4, 0.5) is 0 Å². The van der Waals surface area contributed by atoms with E-state index in [1.54, 1.807) is 6.20 Å². The minimum Gasteiger partial charge on any atom is -0.354 e. The SMILES string of the molecule is N#Cc1ccc(-c2cc3cnccc3[nH]2)cc1. The molecule has 3 rings (SSSR count). The van der Waals surface area contributed by atoms with Crippen LogP contribution in [0.25, 0.3) is 22.2 Å². The van der Waals surface area contributed by atoms with E-state index in [9.17, 15) is 0 Å². The molecule has 3 nitrogen and oxygen atoms in total. The Morgan fingerprint density at radius 2 is 1.94 bits per heavy atom. The first-order chi connectivity index (χ1) is 8.36. The van der Waals surface area contributed by atoms with Crippen molar-refractivity contribution in [3.63, 3.8) is 0 Å². The second-order valence-electron chi connectivity index (χ2n) is 3.84. The van der Waals surface area contributed by atoms with Crippen molar-refractivity contribution in [1.29, 1.82) is 5.26 Å². The number of nitriles is 1. The van der Waals surface area contributed by atoms with Gasteiger partial charge in [-0.15, -0.1) is 0 Å². The van der Waals surface area contributed by atoms with Gasteiger partial charge in [0.05, 0.1) is 11.6 Å². The number of aromatic nitrogens is 2. The van der Waals surface area contributed by atoms with Crippen LogP contribution in [0.3, 0.4) is 0 Å². The molecule has 0 atom stereocenters. The van der Waals surface area contributed by atoms with E-state index in [0.717, 1.165) is 22.2 Å². The van der Waals surface area contributed by atoms with Gasteiger partial charge in [-0.1, -0.05) is 12.1 Å². The van der Waals surface area contributed by atoms with Crippen LogP contribution in [0.5, 0.6) is 0 Å². The van der Waals surface area contributed by atoms with Gasteiger partial charge in [-0.25, -0.2) is 0 Å². The van der Waals surface area contributed by atoms with Crippen molar-refractivity contribution in [2.75, 3.05) is 0 Å². The second-order valence-corrected chi connectivity index (χ2v) is 3.84. The van der Waals surface area contributed by atoms with Gasteiger partial charge in [0.25, 0.3) is 0 Å². The highest BCUT2D eigenvalue weighted by molar-refractivity contribution is 5.84. The summed E-state index contributed by atoms with van der Waals surface area (Å²) in [6, 6.07) is 13.6. The molecule has 0 spiro atoms. The minimum atomic E-state index is 0.673. The largest absolute Gasteiger partial charge is 0.354 e. The fraction of sp³-hybridized carbons (Fsp3) is 0.